The van der Waals surface area contributed by atoms with Crippen LogP contribution in [0.4, 0.5) is 0 Å². The van der Waals surface area contributed by atoms with Crippen LogP contribution in [0.3, 0.4) is 0 Å². The first-order valence-electron chi connectivity index (χ1n) is 7.71. The minimum atomic E-state index is -0.197. The summed E-state index contributed by atoms with van der Waals surface area (Å²) in [5, 5.41) is 10.5. The molecule has 1 atom stereocenters. The Labute approximate surface area is 124 Å². The second kappa shape index (κ2) is 6.16. The minimum Gasteiger partial charge on any atom is -0.349 e. The molecule has 3 rings (SSSR count). The second-order valence-electron chi connectivity index (χ2n) is 5.71. The highest BCUT2D eigenvalue weighted by atomic mass is 16.2. The van der Waals surface area contributed by atoms with Crippen molar-refractivity contribution in [3.8, 4) is 0 Å². The third kappa shape index (κ3) is 3.01. The second-order valence-corrected chi connectivity index (χ2v) is 5.71. The molecule has 21 heavy (non-hydrogen) atoms. The molecule has 112 valence electrons. The Bertz CT molecular complexity index is 600. The van der Waals surface area contributed by atoms with Gasteiger partial charge in [0.25, 0.3) is 0 Å². The highest BCUT2D eigenvalue weighted by Crippen LogP contribution is 2.21. The van der Waals surface area contributed by atoms with Gasteiger partial charge in [0, 0.05) is 18.1 Å². The number of carbonyl (C=O) groups excluding carboxylic acids is 1. The zero-order valence-electron chi connectivity index (χ0n) is 12.4. The van der Waals surface area contributed by atoms with E-state index in [1.807, 2.05) is 36.0 Å². The van der Waals surface area contributed by atoms with Crippen molar-refractivity contribution in [3.63, 3.8) is 0 Å². The SMILES string of the molecule is CC(C(=O)NCc1n[nH]c2c1CCCCC2)n1cccc1. The zero-order valence-corrected chi connectivity index (χ0v) is 12.4. The van der Waals surface area contributed by atoms with Crippen LogP contribution < -0.4 is 5.32 Å². The molecule has 5 nitrogen and oxygen atoms in total. The van der Waals surface area contributed by atoms with Crippen molar-refractivity contribution in [1.82, 2.24) is 20.1 Å². The summed E-state index contributed by atoms with van der Waals surface area (Å²) in [6, 6.07) is 3.66. The van der Waals surface area contributed by atoms with E-state index in [0.717, 1.165) is 18.5 Å². The molecule has 1 amide bonds. The maximum Gasteiger partial charge on any atom is 0.243 e. The Hall–Kier alpha value is -2.04. The number of H-pyrrole nitrogens is 1. The van der Waals surface area contributed by atoms with Crippen molar-refractivity contribution in [2.75, 3.05) is 0 Å². The Kier molecular flexibility index (Phi) is 4.08. The lowest BCUT2D eigenvalue weighted by atomic mass is 10.1. The molecule has 5 heteroatoms. The molecule has 2 N–H and O–H groups in total. The van der Waals surface area contributed by atoms with Gasteiger partial charge in [-0.15, -0.1) is 0 Å². The van der Waals surface area contributed by atoms with E-state index in [9.17, 15) is 4.79 Å². The molecule has 2 heterocycles. The van der Waals surface area contributed by atoms with Crippen molar-refractivity contribution < 1.29 is 4.79 Å². The Balaban J connectivity index is 1.63. The largest absolute Gasteiger partial charge is 0.349 e. The molecule has 0 spiro atoms. The van der Waals surface area contributed by atoms with Crippen LogP contribution in [0.2, 0.25) is 0 Å². The van der Waals surface area contributed by atoms with Crippen LogP contribution >= 0.6 is 0 Å². The van der Waals surface area contributed by atoms with E-state index in [-0.39, 0.29) is 11.9 Å². The van der Waals surface area contributed by atoms with Crippen molar-refractivity contribution in [2.24, 2.45) is 0 Å². The topological polar surface area (TPSA) is 62.7 Å². The summed E-state index contributed by atoms with van der Waals surface area (Å²) in [4.78, 5) is 12.2. The summed E-state index contributed by atoms with van der Waals surface area (Å²) >= 11 is 0. The number of aromatic amines is 1. The Morgan fingerprint density at radius 1 is 1.33 bits per heavy atom. The zero-order chi connectivity index (χ0) is 14.7. The number of aryl methyl sites for hydroxylation is 1. The molecular weight excluding hydrogens is 264 g/mol. The summed E-state index contributed by atoms with van der Waals surface area (Å²) in [5.74, 6) is 0.0246. The van der Waals surface area contributed by atoms with Crippen molar-refractivity contribution in [3.05, 3.63) is 41.5 Å². The maximum absolute atomic E-state index is 12.2. The Morgan fingerprint density at radius 2 is 2.10 bits per heavy atom. The fourth-order valence-corrected chi connectivity index (χ4v) is 2.93. The van der Waals surface area contributed by atoms with Crippen LogP contribution in [-0.2, 0) is 24.2 Å². The van der Waals surface area contributed by atoms with Crippen LogP contribution in [-0.4, -0.2) is 20.7 Å². The van der Waals surface area contributed by atoms with Crippen LogP contribution in [0.15, 0.2) is 24.5 Å². The molecule has 0 saturated heterocycles. The van der Waals surface area contributed by atoms with Crippen LogP contribution in [0.5, 0.6) is 0 Å². The van der Waals surface area contributed by atoms with E-state index >= 15 is 0 Å². The molecule has 2 aromatic heterocycles. The van der Waals surface area contributed by atoms with Gasteiger partial charge in [0.15, 0.2) is 0 Å². The molecular formula is C16H22N4O. The average Bonchev–Trinajstić information content (AvgIpc) is 3.09. The van der Waals surface area contributed by atoms with Gasteiger partial charge in [0.05, 0.1) is 12.2 Å². The van der Waals surface area contributed by atoms with Gasteiger partial charge >= 0.3 is 0 Å². The standard InChI is InChI=1S/C16H22N4O/c1-12(20-9-5-6-10-20)16(21)17-11-15-13-7-3-2-4-8-14(13)18-19-15/h5-6,9-10,12H,2-4,7-8,11H2,1H3,(H,17,21)(H,18,19). The monoisotopic (exact) mass is 286 g/mol. The first kappa shape index (κ1) is 13.9. The number of hydrogen-bond acceptors (Lipinski definition) is 2. The van der Waals surface area contributed by atoms with Gasteiger partial charge in [0.2, 0.25) is 5.91 Å². The van der Waals surface area contributed by atoms with Crippen molar-refractivity contribution >= 4 is 5.91 Å². The molecule has 0 fully saturated rings. The van der Waals surface area contributed by atoms with Gasteiger partial charge in [-0.1, -0.05) is 6.42 Å². The average molecular weight is 286 g/mol. The van der Waals surface area contributed by atoms with E-state index in [0.29, 0.717) is 6.54 Å². The quantitative estimate of drug-likeness (QED) is 0.848. The maximum atomic E-state index is 12.2. The predicted molar refractivity (Wildman–Crippen MR) is 80.8 cm³/mol. The van der Waals surface area contributed by atoms with Gasteiger partial charge in [-0.25, -0.2) is 0 Å². The third-order valence-electron chi connectivity index (χ3n) is 4.28. The van der Waals surface area contributed by atoms with Crippen molar-refractivity contribution in [1.29, 1.82) is 0 Å². The summed E-state index contributed by atoms with van der Waals surface area (Å²) < 4.78 is 1.90. The number of aromatic nitrogens is 3. The van der Waals surface area contributed by atoms with Crippen molar-refractivity contribution in [2.45, 2.75) is 51.6 Å². The lowest BCUT2D eigenvalue weighted by Crippen LogP contribution is -2.30. The number of nitrogens with zero attached hydrogens (tertiary/aromatic N) is 2. The van der Waals surface area contributed by atoms with Crippen LogP contribution in [0, 0.1) is 0 Å². The number of carbonyl (C=O) groups is 1. The van der Waals surface area contributed by atoms with E-state index in [1.54, 1.807) is 0 Å². The van der Waals surface area contributed by atoms with Gasteiger partial charge in [-0.2, -0.15) is 5.10 Å². The lowest BCUT2D eigenvalue weighted by Gasteiger charge is -2.13. The summed E-state index contributed by atoms with van der Waals surface area (Å²) in [5.41, 5.74) is 3.58. The first-order chi connectivity index (χ1) is 10.3. The molecule has 0 saturated carbocycles. The molecule has 0 radical (unpaired) electrons. The van der Waals surface area contributed by atoms with Gasteiger partial charge < -0.3 is 9.88 Å². The molecule has 1 aliphatic rings. The molecule has 1 unspecified atom stereocenters. The number of fused-ring (bicyclic) bond motifs is 1. The minimum absolute atomic E-state index is 0.0246. The number of nitrogens with one attached hydrogen (secondary N) is 2. The smallest absolute Gasteiger partial charge is 0.243 e. The molecule has 2 aromatic rings. The Morgan fingerprint density at radius 3 is 2.90 bits per heavy atom. The van der Waals surface area contributed by atoms with E-state index < -0.39 is 0 Å². The van der Waals surface area contributed by atoms with Crippen LogP contribution in [0.1, 0.15) is 49.2 Å². The first-order valence-corrected chi connectivity index (χ1v) is 7.71. The summed E-state index contributed by atoms with van der Waals surface area (Å²) in [7, 11) is 0. The third-order valence-corrected chi connectivity index (χ3v) is 4.28. The molecule has 0 aromatic carbocycles. The lowest BCUT2D eigenvalue weighted by molar-refractivity contribution is -0.124. The number of amides is 1. The number of rotatable bonds is 4. The summed E-state index contributed by atoms with van der Waals surface area (Å²) in [6.45, 7) is 2.41. The molecule has 0 aliphatic heterocycles. The normalized spacial score (nSPS) is 16.0. The van der Waals surface area contributed by atoms with E-state index in [1.165, 1.54) is 30.5 Å². The molecule has 0 bridgehead atoms. The fraction of sp³-hybridized carbons (Fsp3) is 0.500. The highest BCUT2D eigenvalue weighted by molar-refractivity contribution is 5.79. The van der Waals surface area contributed by atoms with E-state index in [4.69, 9.17) is 0 Å². The van der Waals surface area contributed by atoms with Crippen LogP contribution in [0.25, 0.3) is 0 Å². The highest BCUT2D eigenvalue weighted by Gasteiger charge is 2.18. The van der Waals surface area contributed by atoms with Gasteiger partial charge in [-0.05, 0) is 50.3 Å². The van der Waals surface area contributed by atoms with Gasteiger partial charge in [0.1, 0.15) is 6.04 Å². The van der Waals surface area contributed by atoms with E-state index in [2.05, 4.69) is 15.5 Å². The predicted octanol–water partition coefficient (Wildman–Crippen LogP) is 2.36. The summed E-state index contributed by atoms with van der Waals surface area (Å²) in [6.07, 6.45) is 9.69. The van der Waals surface area contributed by atoms with Gasteiger partial charge in [-0.3, -0.25) is 9.89 Å². The molecule has 1 aliphatic carbocycles. The fourth-order valence-electron chi connectivity index (χ4n) is 2.93. The number of hydrogen-bond donors (Lipinski definition) is 2.